The second-order valence-electron chi connectivity index (χ2n) is 9.43. The SMILES string of the molecule is CN1CCC([C@@](C)(O)c2ccc3cnc(Nc4cc(N5CCOCC5)ncc4F)cc3n2)CC1. The first kappa shape index (κ1) is 22.9. The monoisotopic (exact) mass is 466 g/mol. The zero-order valence-corrected chi connectivity index (χ0v) is 19.7. The second kappa shape index (κ2) is 9.40. The summed E-state index contributed by atoms with van der Waals surface area (Å²) in [6.45, 7) is 6.49. The molecular weight excluding hydrogens is 435 g/mol. The zero-order chi connectivity index (χ0) is 23.7. The van der Waals surface area contributed by atoms with E-state index < -0.39 is 11.4 Å². The lowest BCUT2D eigenvalue weighted by Crippen LogP contribution is -2.41. The largest absolute Gasteiger partial charge is 0.384 e. The number of hydrogen-bond donors (Lipinski definition) is 2. The summed E-state index contributed by atoms with van der Waals surface area (Å²) < 4.78 is 19.9. The van der Waals surface area contributed by atoms with Gasteiger partial charge in [0.15, 0.2) is 5.82 Å². The Balaban J connectivity index is 1.40. The Labute approximate surface area is 198 Å². The maximum Gasteiger partial charge on any atom is 0.165 e. The molecule has 3 aromatic rings. The van der Waals surface area contributed by atoms with Crippen LogP contribution in [0.5, 0.6) is 0 Å². The molecule has 2 aliphatic rings. The molecule has 0 bridgehead atoms. The van der Waals surface area contributed by atoms with Gasteiger partial charge in [-0.3, -0.25) is 0 Å². The number of likely N-dealkylation sites (tertiary alicyclic amines) is 1. The fourth-order valence-corrected chi connectivity index (χ4v) is 4.77. The minimum absolute atomic E-state index is 0.151. The summed E-state index contributed by atoms with van der Waals surface area (Å²) in [5.41, 5.74) is 0.636. The highest BCUT2D eigenvalue weighted by Crippen LogP contribution is 2.36. The zero-order valence-electron chi connectivity index (χ0n) is 19.7. The van der Waals surface area contributed by atoms with Crippen molar-refractivity contribution in [3.63, 3.8) is 0 Å². The number of hydrogen-bond acceptors (Lipinski definition) is 8. The molecular formula is C25H31FN6O2. The highest BCUT2D eigenvalue weighted by atomic mass is 19.1. The van der Waals surface area contributed by atoms with Crippen LogP contribution in [0.2, 0.25) is 0 Å². The fourth-order valence-electron chi connectivity index (χ4n) is 4.77. The van der Waals surface area contributed by atoms with Gasteiger partial charge in [-0.25, -0.2) is 19.3 Å². The summed E-state index contributed by atoms with van der Waals surface area (Å²) in [6, 6.07) is 7.30. The van der Waals surface area contributed by atoms with E-state index in [0.29, 0.717) is 41.7 Å². The number of rotatable bonds is 5. The van der Waals surface area contributed by atoms with Crippen molar-refractivity contribution in [3.8, 4) is 0 Å². The number of ether oxygens (including phenoxy) is 1. The predicted molar refractivity (Wildman–Crippen MR) is 130 cm³/mol. The van der Waals surface area contributed by atoms with Crippen molar-refractivity contribution >= 4 is 28.2 Å². The van der Waals surface area contributed by atoms with E-state index in [1.807, 2.05) is 19.1 Å². The van der Waals surface area contributed by atoms with Crippen molar-refractivity contribution in [2.45, 2.75) is 25.4 Å². The van der Waals surface area contributed by atoms with Gasteiger partial charge >= 0.3 is 0 Å². The number of nitrogens with one attached hydrogen (secondary N) is 1. The molecule has 5 rings (SSSR count). The van der Waals surface area contributed by atoms with Crippen molar-refractivity contribution in [1.29, 1.82) is 0 Å². The molecule has 0 radical (unpaired) electrons. The Kier molecular flexibility index (Phi) is 6.33. The Morgan fingerprint density at radius 2 is 1.85 bits per heavy atom. The summed E-state index contributed by atoms with van der Waals surface area (Å²) in [4.78, 5) is 17.8. The molecule has 5 heterocycles. The van der Waals surface area contributed by atoms with Gasteiger partial charge in [-0.1, -0.05) is 0 Å². The van der Waals surface area contributed by atoms with Gasteiger partial charge in [-0.05, 0) is 58.0 Å². The summed E-state index contributed by atoms with van der Waals surface area (Å²) in [7, 11) is 2.11. The van der Waals surface area contributed by atoms with E-state index >= 15 is 0 Å². The van der Waals surface area contributed by atoms with Crippen LogP contribution in [-0.4, -0.2) is 71.4 Å². The van der Waals surface area contributed by atoms with Gasteiger partial charge in [0, 0.05) is 36.8 Å². The lowest BCUT2D eigenvalue weighted by molar-refractivity contribution is -0.0334. The van der Waals surface area contributed by atoms with Crippen LogP contribution in [0.3, 0.4) is 0 Å². The Morgan fingerprint density at radius 1 is 1.09 bits per heavy atom. The first-order valence-electron chi connectivity index (χ1n) is 11.8. The highest BCUT2D eigenvalue weighted by Gasteiger charge is 2.36. The molecule has 0 amide bonds. The van der Waals surface area contributed by atoms with Crippen LogP contribution in [0.15, 0.2) is 36.7 Å². The minimum Gasteiger partial charge on any atom is -0.384 e. The average molecular weight is 467 g/mol. The quantitative estimate of drug-likeness (QED) is 0.593. The number of aromatic nitrogens is 3. The van der Waals surface area contributed by atoms with Crippen molar-refractivity contribution in [1.82, 2.24) is 19.9 Å². The smallest absolute Gasteiger partial charge is 0.165 e. The molecule has 2 N–H and O–H groups in total. The van der Waals surface area contributed by atoms with E-state index in [4.69, 9.17) is 9.72 Å². The third-order valence-corrected chi connectivity index (χ3v) is 7.04. The van der Waals surface area contributed by atoms with Crippen molar-refractivity contribution < 1.29 is 14.2 Å². The minimum atomic E-state index is -1.02. The summed E-state index contributed by atoms with van der Waals surface area (Å²) in [6.07, 6.45) is 4.79. The number of morpholine rings is 1. The van der Waals surface area contributed by atoms with Crippen LogP contribution >= 0.6 is 0 Å². The first-order chi connectivity index (χ1) is 16.4. The first-order valence-corrected chi connectivity index (χ1v) is 11.8. The maximum atomic E-state index is 14.5. The summed E-state index contributed by atoms with van der Waals surface area (Å²) in [5, 5.41) is 15.3. The molecule has 8 nitrogen and oxygen atoms in total. The van der Waals surface area contributed by atoms with Gasteiger partial charge in [0.1, 0.15) is 17.2 Å². The Hall–Kier alpha value is -2.88. The number of pyridine rings is 3. The Morgan fingerprint density at radius 3 is 2.62 bits per heavy atom. The average Bonchev–Trinajstić information content (AvgIpc) is 2.86. The van der Waals surface area contributed by atoms with Crippen molar-refractivity contribution in [3.05, 3.63) is 48.2 Å². The molecule has 0 unspecified atom stereocenters. The van der Waals surface area contributed by atoms with Crippen LogP contribution in [-0.2, 0) is 10.3 Å². The topological polar surface area (TPSA) is 86.6 Å². The van der Waals surface area contributed by atoms with E-state index in [0.717, 1.165) is 44.4 Å². The van der Waals surface area contributed by atoms with Crippen LogP contribution in [0.25, 0.3) is 10.9 Å². The number of aliphatic hydroxyl groups is 1. The molecule has 2 saturated heterocycles. The number of halogens is 1. The third kappa shape index (κ3) is 4.68. The second-order valence-corrected chi connectivity index (χ2v) is 9.43. The molecule has 0 aliphatic carbocycles. The summed E-state index contributed by atoms with van der Waals surface area (Å²) in [5.74, 6) is 0.875. The molecule has 3 aromatic heterocycles. The lowest BCUT2D eigenvalue weighted by Gasteiger charge is -2.38. The fraction of sp³-hybridized carbons (Fsp3) is 0.480. The van der Waals surface area contributed by atoms with Gasteiger partial charge in [0.25, 0.3) is 0 Å². The van der Waals surface area contributed by atoms with E-state index in [-0.39, 0.29) is 5.92 Å². The lowest BCUT2D eigenvalue weighted by atomic mass is 9.79. The van der Waals surface area contributed by atoms with Crippen LogP contribution in [0.1, 0.15) is 25.5 Å². The number of nitrogens with zero attached hydrogens (tertiary/aromatic N) is 5. The molecule has 34 heavy (non-hydrogen) atoms. The standard InChI is InChI=1S/C25H31FN6O2/c1-25(33,18-5-7-31(2)8-6-18)22-4-3-17-15-27-23(13-20(17)29-22)30-21-14-24(28-16-19(21)26)32-9-11-34-12-10-32/h3-4,13-16,18,33H,5-12H2,1-2H3,(H,27,28,30)/t25-/m1/s1. The number of piperidine rings is 1. The maximum absolute atomic E-state index is 14.5. The van der Waals surface area contributed by atoms with E-state index in [1.54, 1.807) is 18.3 Å². The van der Waals surface area contributed by atoms with Gasteiger partial charge in [0.2, 0.25) is 0 Å². The normalized spacial score (nSPS) is 19.8. The number of anilines is 3. The third-order valence-electron chi connectivity index (χ3n) is 7.04. The summed E-state index contributed by atoms with van der Waals surface area (Å²) >= 11 is 0. The highest BCUT2D eigenvalue weighted by molar-refractivity contribution is 5.81. The molecule has 0 spiro atoms. The molecule has 0 aromatic carbocycles. The van der Waals surface area contributed by atoms with Gasteiger partial charge in [0.05, 0.1) is 36.3 Å². The van der Waals surface area contributed by atoms with Crippen LogP contribution in [0.4, 0.5) is 21.7 Å². The molecule has 180 valence electrons. The number of fused-ring (bicyclic) bond motifs is 1. The molecule has 2 aliphatic heterocycles. The van der Waals surface area contributed by atoms with Crippen LogP contribution in [0, 0.1) is 11.7 Å². The van der Waals surface area contributed by atoms with E-state index in [9.17, 15) is 9.50 Å². The Bertz CT molecular complexity index is 1160. The predicted octanol–water partition coefficient (Wildman–Crippen LogP) is 3.29. The molecule has 1 atom stereocenters. The van der Waals surface area contributed by atoms with Crippen molar-refractivity contribution in [2.75, 3.05) is 56.7 Å². The van der Waals surface area contributed by atoms with Crippen LogP contribution < -0.4 is 10.2 Å². The van der Waals surface area contributed by atoms with E-state index in [1.165, 1.54) is 6.20 Å². The van der Waals surface area contributed by atoms with Gasteiger partial charge in [-0.2, -0.15) is 0 Å². The van der Waals surface area contributed by atoms with E-state index in [2.05, 4.69) is 32.1 Å². The molecule has 0 saturated carbocycles. The van der Waals surface area contributed by atoms with Gasteiger partial charge in [-0.15, -0.1) is 0 Å². The van der Waals surface area contributed by atoms with Gasteiger partial charge < -0.3 is 25.0 Å². The van der Waals surface area contributed by atoms with Crippen molar-refractivity contribution in [2.24, 2.45) is 5.92 Å². The molecule has 2 fully saturated rings. The molecule has 9 heteroatoms.